The fourth-order valence-corrected chi connectivity index (χ4v) is 4.30. The van der Waals surface area contributed by atoms with Crippen LogP contribution in [-0.2, 0) is 11.3 Å². The Hall–Kier alpha value is -3.23. The van der Waals surface area contributed by atoms with Gasteiger partial charge in [-0.15, -0.1) is 0 Å². The summed E-state index contributed by atoms with van der Waals surface area (Å²) in [5.41, 5.74) is 3.82. The van der Waals surface area contributed by atoms with Gasteiger partial charge in [-0.1, -0.05) is 12.1 Å². The summed E-state index contributed by atoms with van der Waals surface area (Å²) in [5, 5.41) is 4.60. The van der Waals surface area contributed by atoms with E-state index in [0.29, 0.717) is 18.2 Å². The highest BCUT2D eigenvalue weighted by Gasteiger charge is 2.29. The Balaban J connectivity index is 1.15. The maximum Gasteiger partial charge on any atom is 0.182 e. The zero-order chi connectivity index (χ0) is 20.6. The number of pyridine rings is 1. The van der Waals surface area contributed by atoms with Crippen LogP contribution in [-0.4, -0.2) is 70.3 Å². The van der Waals surface area contributed by atoms with E-state index in [1.54, 1.807) is 6.20 Å². The minimum atomic E-state index is 0.601. The lowest BCUT2D eigenvalue weighted by Gasteiger charge is -2.42. The summed E-state index contributed by atoms with van der Waals surface area (Å²) in [6.45, 7) is 6.47. The van der Waals surface area contributed by atoms with Gasteiger partial charge in [-0.25, -0.2) is 15.0 Å². The third kappa shape index (κ3) is 3.68. The third-order valence-electron chi connectivity index (χ3n) is 6.26. The molecular formula is C23H25N7O. The van der Waals surface area contributed by atoms with Crippen molar-refractivity contribution in [3.05, 3.63) is 54.4 Å². The van der Waals surface area contributed by atoms with Gasteiger partial charge in [-0.05, 0) is 35.2 Å². The highest BCUT2D eigenvalue weighted by Crippen LogP contribution is 2.21. The molecule has 3 aromatic heterocycles. The molecule has 158 valence electrons. The molecule has 2 aliphatic heterocycles. The number of ether oxygens (including phenoxy) is 1. The quantitative estimate of drug-likeness (QED) is 0.519. The van der Waals surface area contributed by atoms with Gasteiger partial charge >= 0.3 is 0 Å². The number of aromatic amines is 1. The molecule has 8 heteroatoms. The number of aromatic nitrogens is 4. The van der Waals surface area contributed by atoms with Crippen LogP contribution in [0.15, 0.2) is 48.8 Å². The Morgan fingerprint density at radius 2 is 1.94 bits per heavy atom. The zero-order valence-corrected chi connectivity index (χ0v) is 17.3. The number of H-pyrrole nitrogens is 1. The maximum atomic E-state index is 5.33. The summed E-state index contributed by atoms with van der Waals surface area (Å²) in [7, 11) is 0. The fraction of sp³-hybridized carbons (Fsp3) is 0.348. The Morgan fingerprint density at radius 3 is 2.77 bits per heavy atom. The summed E-state index contributed by atoms with van der Waals surface area (Å²) in [6, 6.07) is 13.2. The number of nitrogens with one attached hydrogen (secondary N) is 2. The molecule has 0 radical (unpaired) electrons. The third-order valence-corrected chi connectivity index (χ3v) is 6.26. The van der Waals surface area contributed by atoms with Crippen LogP contribution >= 0.6 is 0 Å². The van der Waals surface area contributed by atoms with E-state index in [4.69, 9.17) is 14.7 Å². The number of benzene rings is 1. The topological polar surface area (TPSA) is 82.2 Å². The molecule has 2 fully saturated rings. The van der Waals surface area contributed by atoms with E-state index in [1.165, 1.54) is 10.9 Å². The Kier molecular flexibility index (Phi) is 4.66. The van der Waals surface area contributed by atoms with Crippen LogP contribution in [0.2, 0.25) is 0 Å². The van der Waals surface area contributed by atoms with Crippen molar-refractivity contribution in [2.24, 2.45) is 0 Å². The van der Waals surface area contributed by atoms with Crippen LogP contribution in [0.3, 0.4) is 0 Å². The molecular weight excluding hydrogens is 390 g/mol. The first-order valence-electron chi connectivity index (χ1n) is 10.8. The van der Waals surface area contributed by atoms with Crippen LogP contribution in [0.4, 0.5) is 11.6 Å². The number of fused-ring (bicyclic) bond motifs is 2. The van der Waals surface area contributed by atoms with Gasteiger partial charge in [0.15, 0.2) is 5.65 Å². The summed E-state index contributed by atoms with van der Waals surface area (Å²) < 4.78 is 5.33. The van der Waals surface area contributed by atoms with Gasteiger partial charge in [0, 0.05) is 44.4 Å². The molecule has 2 saturated heterocycles. The van der Waals surface area contributed by atoms with Crippen molar-refractivity contribution in [1.82, 2.24) is 24.8 Å². The first-order valence-corrected chi connectivity index (χ1v) is 10.8. The lowest BCUT2D eigenvalue weighted by atomic mass is 10.1. The van der Waals surface area contributed by atoms with Crippen molar-refractivity contribution < 1.29 is 4.74 Å². The molecule has 31 heavy (non-hydrogen) atoms. The highest BCUT2D eigenvalue weighted by atomic mass is 16.5. The molecule has 4 aromatic rings. The van der Waals surface area contributed by atoms with E-state index < -0.39 is 0 Å². The second-order valence-corrected chi connectivity index (χ2v) is 8.23. The average Bonchev–Trinajstić information content (AvgIpc) is 3.24. The van der Waals surface area contributed by atoms with E-state index in [9.17, 15) is 0 Å². The first kappa shape index (κ1) is 18.5. The predicted octanol–water partition coefficient (Wildman–Crippen LogP) is 2.64. The summed E-state index contributed by atoms with van der Waals surface area (Å²) >= 11 is 0. The summed E-state index contributed by atoms with van der Waals surface area (Å²) in [4.78, 5) is 22.2. The normalized spacial score (nSPS) is 17.9. The standard InChI is InChI=1S/C23H25N7O/c1-2-17-5-6-24-20(17)11-16(1)12-26-21-13-25-19-3-4-22(28-23(19)27-21)30-9-7-29(8-10-30)18-14-31-15-18/h1-6,11,13,18,24H,7-10,12,14-15H2,(H,26,27,28). The van der Waals surface area contributed by atoms with Gasteiger partial charge in [-0.3, -0.25) is 4.90 Å². The van der Waals surface area contributed by atoms with Gasteiger partial charge in [-0.2, -0.15) is 0 Å². The van der Waals surface area contributed by atoms with Crippen molar-refractivity contribution in [2.75, 3.05) is 49.6 Å². The fourth-order valence-electron chi connectivity index (χ4n) is 4.30. The maximum absolute atomic E-state index is 5.33. The zero-order valence-electron chi connectivity index (χ0n) is 17.3. The molecule has 0 atom stereocenters. The van der Waals surface area contributed by atoms with E-state index in [1.807, 2.05) is 12.3 Å². The summed E-state index contributed by atoms with van der Waals surface area (Å²) in [6.07, 6.45) is 3.73. The molecule has 6 rings (SSSR count). The lowest BCUT2D eigenvalue weighted by Crippen LogP contribution is -2.56. The van der Waals surface area contributed by atoms with Gasteiger partial charge < -0.3 is 19.9 Å². The van der Waals surface area contributed by atoms with E-state index >= 15 is 0 Å². The van der Waals surface area contributed by atoms with Crippen molar-refractivity contribution in [1.29, 1.82) is 0 Å². The number of piperazine rings is 1. The molecule has 2 N–H and O–H groups in total. The lowest BCUT2D eigenvalue weighted by molar-refractivity contribution is -0.0660. The van der Waals surface area contributed by atoms with Crippen molar-refractivity contribution in [2.45, 2.75) is 12.6 Å². The number of rotatable bonds is 5. The largest absolute Gasteiger partial charge is 0.378 e. The van der Waals surface area contributed by atoms with Crippen LogP contribution in [0.1, 0.15) is 5.56 Å². The molecule has 2 aliphatic rings. The smallest absolute Gasteiger partial charge is 0.182 e. The van der Waals surface area contributed by atoms with E-state index in [2.05, 4.69) is 55.4 Å². The molecule has 0 unspecified atom stereocenters. The van der Waals surface area contributed by atoms with E-state index in [0.717, 1.165) is 62.1 Å². The Bertz CT molecular complexity index is 1210. The molecule has 0 spiro atoms. The molecule has 0 amide bonds. The number of nitrogens with zero attached hydrogens (tertiary/aromatic N) is 5. The average molecular weight is 416 g/mol. The monoisotopic (exact) mass is 415 g/mol. The summed E-state index contributed by atoms with van der Waals surface area (Å²) in [5.74, 6) is 1.71. The van der Waals surface area contributed by atoms with Crippen LogP contribution < -0.4 is 10.2 Å². The molecule has 5 heterocycles. The SMILES string of the molecule is c1cc2ccc(CNc3cnc4ccc(N5CCN(C6COC6)CC5)nc4n3)cc2[nH]1. The second kappa shape index (κ2) is 7.79. The van der Waals surface area contributed by atoms with Crippen molar-refractivity contribution in [3.8, 4) is 0 Å². The molecule has 0 saturated carbocycles. The Morgan fingerprint density at radius 1 is 1.03 bits per heavy atom. The highest BCUT2D eigenvalue weighted by molar-refractivity contribution is 5.80. The van der Waals surface area contributed by atoms with Crippen LogP contribution in [0, 0.1) is 0 Å². The minimum Gasteiger partial charge on any atom is -0.378 e. The number of hydrogen-bond donors (Lipinski definition) is 2. The number of anilines is 2. The van der Waals surface area contributed by atoms with Crippen LogP contribution in [0.5, 0.6) is 0 Å². The minimum absolute atomic E-state index is 0.601. The predicted molar refractivity (Wildman–Crippen MR) is 121 cm³/mol. The Labute approximate surface area is 180 Å². The van der Waals surface area contributed by atoms with Gasteiger partial charge in [0.1, 0.15) is 17.2 Å². The second-order valence-electron chi connectivity index (χ2n) is 8.23. The molecule has 0 bridgehead atoms. The molecule has 1 aromatic carbocycles. The van der Waals surface area contributed by atoms with E-state index in [-0.39, 0.29) is 0 Å². The van der Waals surface area contributed by atoms with Crippen molar-refractivity contribution >= 4 is 33.7 Å². The van der Waals surface area contributed by atoms with Gasteiger partial charge in [0.05, 0.1) is 25.5 Å². The van der Waals surface area contributed by atoms with Crippen LogP contribution in [0.25, 0.3) is 22.1 Å². The molecule has 8 nitrogen and oxygen atoms in total. The number of hydrogen-bond acceptors (Lipinski definition) is 7. The first-order chi connectivity index (χ1) is 15.3. The molecule has 0 aliphatic carbocycles. The van der Waals surface area contributed by atoms with Crippen molar-refractivity contribution in [3.63, 3.8) is 0 Å². The van der Waals surface area contributed by atoms with Gasteiger partial charge in [0.25, 0.3) is 0 Å². The van der Waals surface area contributed by atoms with Gasteiger partial charge in [0.2, 0.25) is 0 Å².